The lowest BCUT2D eigenvalue weighted by Crippen LogP contribution is -2.50. The van der Waals surface area contributed by atoms with Crippen molar-refractivity contribution in [1.82, 2.24) is 16.2 Å². The highest BCUT2D eigenvalue weighted by molar-refractivity contribution is 9.11. The summed E-state index contributed by atoms with van der Waals surface area (Å²) in [7, 11) is 0. The van der Waals surface area contributed by atoms with E-state index < -0.39 is 11.8 Å². The molecule has 0 aliphatic carbocycles. The van der Waals surface area contributed by atoms with Crippen LogP contribution < -0.4 is 25.6 Å². The van der Waals surface area contributed by atoms with Gasteiger partial charge in [0.05, 0.1) is 9.50 Å². The predicted octanol–water partition coefficient (Wildman–Crippen LogP) is 5.26. The molecule has 0 aromatic heterocycles. The summed E-state index contributed by atoms with van der Waals surface area (Å²) in [5.74, 6) is -0.151. The molecule has 0 aliphatic heterocycles. The number of hydrazine groups is 1. The molecular weight excluding hydrogens is 665 g/mol. The van der Waals surface area contributed by atoms with Crippen LogP contribution >= 0.6 is 71.6 Å². The fourth-order valence-electron chi connectivity index (χ4n) is 2.59. The number of fused-ring (bicyclic) bond motifs is 1. The molecular formula is C21H15Br3ClN3O4S. The lowest BCUT2D eigenvalue weighted by Gasteiger charge is -2.13. The summed E-state index contributed by atoms with van der Waals surface area (Å²) in [4.78, 5) is 24.0. The van der Waals surface area contributed by atoms with Gasteiger partial charge in [-0.2, -0.15) is 0 Å². The number of thiocarbonyl (C=S) groups is 1. The smallest absolute Gasteiger partial charge is 0.276 e. The number of amides is 2. The van der Waals surface area contributed by atoms with Crippen molar-refractivity contribution < 1.29 is 19.1 Å². The van der Waals surface area contributed by atoms with E-state index in [9.17, 15) is 9.59 Å². The summed E-state index contributed by atoms with van der Waals surface area (Å²) in [6.45, 7) is -0.581. The van der Waals surface area contributed by atoms with E-state index in [1.165, 1.54) is 0 Å². The lowest BCUT2D eigenvalue weighted by molar-refractivity contribution is -0.124. The van der Waals surface area contributed by atoms with Crippen LogP contribution in [-0.4, -0.2) is 30.1 Å². The summed E-state index contributed by atoms with van der Waals surface area (Å²) < 4.78 is 13.4. The monoisotopic (exact) mass is 677 g/mol. The van der Waals surface area contributed by atoms with Gasteiger partial charge in [-0.3, -0.25) is 25.8 Å². The maximum absolute atomic E-state index is 12.1. The van der Waals surface area contributed by atoms with Gasteiger partial charge in [0.1, 0.15) is 11.5 Å². The normalized spacial score (nSPS) is 10.4. The predicted molar refractivity (Wildman–Crippen MR) is 142 cm³/mol. The van der Waals surface area contributed by atoms with Crippen LogP contribution in [0.3, 0.4) is 0 Å². The van der Waals surface area contributed by atoms with Crippen LogP contribution in [0.2, 0.25) is 5.02 Å². The first-order valence-corrected chi connectivity index (χ1v) is 12.4. The third kappa shape index (κ3) is 7.54. The standard InChI is InChI=1S/C21H15Br3ClN3O4S/c22-12-2-4-14-11(7-12)1-5-17(20(14)24)32-9-18(29)26-21(33)28-27-19(30)10-31-16-6-3-13(23)8-15(16)25/h1-8H,9-10H2,(H,27,30)(H2,26,28,29,33). The second-order valence-electron chi connectivity index (χ2n) is 6.45. The van der Waals surface area contributed by atoms with Crippen LogP contribution in [0.5, 0.6) is 11.5 Å². The molecule has 0 bridgehead atoms. The van der Waals surface area contributed by atoms with Crippen LogP contribution in [0.1, 0.15) is 0 Å². The Morgan fingerprint density at radius 3 is 2.24 bits per heavy atom. The molecule has 0 radical (unpaired) electrons. The Balaban J connectivity index is 1.42. The number of carbonyl (C=O) groups excluding carboxylic acids is 2. The number of hydrogen-bond donors (Lipinski definition) is 3. The average molecular weight is 681 g/mol. The lowest BCUT2D eigenvalue weighted by atomic mass is 10.1. The zero-order valence-corrected chi connectivity index (χ0v) is 22.9. The number of ether oxygens (including phenoxy) is 2. The van der Waals surface area contributed by atoms with Gasteiger partial charge in [-0.1, -0.05) is 55.6 Å². The van der Waals surface area contributed by atoms with Gasteiger partial charge in [0.2, 0.25) is 0 Å². The molecule has 3 rings (SSSR count). The van der Waals surface area contributed by atoms with E-state index in [0.717, 1.165) is 24.2 Å². The molecule has 12 heteroatoms. The second kappa shape index (κ2) is 12.0. The first-order valence-electron chi connectivity index (χ1n) is 9.20. The summed E-state index contributed by atoms with van der Waals surface area (Å²) in [6.07, 6.45) is 0. The minimum atomic E-state index is -0.520. The van der Waals surface area contributed by atoms with E-state index in [0.29, 0.717) is 16.5 Å². The Kier molecular flexibility index (Phi) is 9.33. The van der Waals surface area contributed by atoms with Crippen LogP contribution in [0.25, 0.3) is 10.8 Å². The van der Waals surface area contributed by atoms with E-state index >= 15 is 0 Å². The Morgan fingerprint density at radius 2 is 1.48 bits per heavy atom. The molecule has 2 amide bonds. The largest absolute Gasteiger partial charge is 0.483 e. The second-order valence-corrected chi connectivity index (χ2v) is 9.89. The molecule has 0 unspecified atom stereocenters. The van der Waals surface area contributed by atoms with Gasteiger partial charge in [0, 0.05) is 8.95 Å². The zero-order valence-electron chi connectivity index (χ0n) is 16.6. The Bertz CT molecular complexity index is 1230. The average Bonchev–Trinajstić information content (AvgIpc) is 2.76. The van der Waals surface area contributed by atoms with Gasteiger partial charge in [-0.05, 0) is 75.3 Å². The number of hydrogen-bond acceptors (Lipinski definition) is 5. The first-order chi connectivity index (χ1) is 15.7. The zero-order chi connectivity index (χ0) is 24.0. The van der Waals surface area contributed by atoms with E-state index in [4.69, 9.17) is 33.3 Å². The van der Waals surface area contributed by atoms with Gasteiger partial charge in [-0.15, -0.1) is 0 Å². The highest BCUT2D eigenvalue weighted by atomic mass is 79.9. The highest BCUT2D eigenvalue weighted by Gasteiger charge is 2.11. The Hall–Kier alpha value is -1.92. The van der Waals surface area contributed by atoms with Crippen LogP contribution in [0.15, 0.2) is 61.9 Å². The molecule has 3 aromatic rings. The molecule has 33 heavy (non-hydrogen) atoms. The van der Waals surface area contributed by atoms with Gasteiger partial charge < -0.3 is 9.47 Å². The van der Waals surface area contributed by atoms with Crippen LogP contribution in [0, 0.1) is 0 Å². The molecule has 0 atom stereocenters. The molecule has 0 aliphatic rings. The van der Waals surface area contributed by atoms with Crippen molar-refractivity contribution in [3.05, 3.63) is 67.0 Å². The van der Waals surface area contributed by atoms with Crippen molar-refractivity contribution >= 4 is 99.3 Å². The van der Waals surface area contributed by atoms with Crippen molar-refractivity contribution in [2.45, 2.75) is 0 Å². The van der Waals surface area contributed by atoms with Gasteiger partial charge in [-0.25, -0.2) is 0 Å². The Labute approximate surface area is 224 Å². The van der Waals surface area contributed by atoms with E-state index in [2.05, 4.69) is 64.0 Å². The van der Waals surface area contributed by atoms with Crippen molar-refractivity contribution in [2.24, 2.45) is 0 Å². The number of carbonyl (C=O) groups is 2. The summed E-state index contributed by atoms with van der Waals surface area (Å²) in [6, 6.07) is 14.5. The summed E-state index contributed by atoms with van der Waals surface area (Å²) in [5, 5.41) is 4.64. The van der Waals surface area contributed by atoms with Gasteiger partial charge >= 0.3 is 0 Å². The van der Waals surface area contributed by atoms with Crippen molar-refractivity contribution in [1.29, 1.82) is 0 Å². The van der Waals surface area contributed by atoms with Crippen LogP contribution in [-0.2, 0) is 9.59 Å². The quantitative estimate of drug-likeness (QED) is 0.243. The number of rotatable bonds is 6. The van der Waals surface area contributed by atoms with Gasteiger partial charge in [0.15, 0.2) is 18.3 Å². The minimum absolute atomic E-state index is 0.0962. The van der Waals surface area contributed by atoms with Crippen molar-refractivity contribution in [3.8, 4) is 11.5 Å². The molecule has 0 heterocycles. The number of nitrogens with one attached hydrogen (secondary N) is 3. The SMILES string of the molecule is O=C(COc1ccc(Br)cc1Cl)NNC(=S)NC(=O)COc1ccc2cc(Br)ccc2c1Br. The molecule has 0 saturated heterocycles. The Morgan fingerprint density at radius 1 is 0.848 bits per heavy atom. The van der Waals surface area contributed by atoms with E-state index in [-0.39, 0.29) is 18.3 Å². The highest BCUT2D eigenvalue weighted by Crippen LogP contribution is 2.34. The van der Waals surface area contributed by atoms with E-state index in [1.54, 1.807) is 24.3 Å². The topological polar surface area (TPSA) is 88.7 Å². The number of benzene rings is 3. The number of halogens is 4. The molecule has 172 valence electrons. The van der Waals surface area contributed by atoms with E-state index in [1.807, 2.05) is 24.3 Å². The fourth-order valence-corrected chi connectivity index (χ4v) is 4.47. The molecule has 0 spiro atoms. The summed E-state index contributed by atoms with van der Waals surface area (Å²) >= 11 is 21.3. The molecule has 0 saturated carbocycles. The molecule has 3 aromatic carbocycles. The van der Waals surface area contributed by atoms with Gasteiger partial charge in [0.25, 0.3) is 11.8 Å². The fraction of sp³-hybridized carbons (Fsp3) is 0.0952. The molecule has 3 N–H and O–H groups in total. The first kappa shape index (κ1) is 25.7. The van der Waals surface area contributed by atoms with Crippen LogP contribution in [0.4, 0.5) is 0 Å². The molecule has 0 fully saturated rings. The third-order valence-electron chi connectivity index (χ3n) is 4.06. The summed E-state index contributed by atoms with van der Waals surface area (Å²) in [5.41, 5.74) is 4.74. The maximum Gasteiger partial charge on any atom is 0.276 e. The van der Waals surface area contributed by atoms with Crippen molar-refractivity contribution in [2.75, 3.05) is 13.2 Å². The minimum Gasteiger partial charge on any atom is -0.483 e. The third-order valence-corrected chi connectivity index (χ3v) is 6.36. The van der Waals surface area contributed by atoms with Crippen molar-refractivity contribution in [3.63, 3.8) is 0 Å². The molecule has 7 nitrogen and oxygen atoms in total. The maximum atomic E-state index is 12.1.